The Balaban J connectivity index is 1.76. The normalized spacial score (nSPS) is 24.0. The van der Waals surface area contributed by atoms with Crippen LogP contribution in [-0.2, 0) is 11.2 Å². The van der Waals surface area contributed by atoms with E-state index in [0.717, 1.165) is 32.7 Å². The summed E-state index contributed by atoms with van der Waals surface area (Å²) < 4.78 is 5.51. The molecule has 1 unspecified atom stereocenters. The highest BCUT2D eigenvalue weighted by Gasteiger charge is 2.44. The van der Waals surface area contributed by atoms with Crippen molar-refractivity contribution in [2.45, 2.75) is 43.7 Å². The van der Waals surface area contributed by atoms with Crippen molar-refractivity contribution in [3.8, 4) is 0 Å². The molecule has 3 rings (SSSR count). The van der Waals surface area contributed by atoms with E-state index in [1.807, 2.05) is 12.1 Å². The van der Waals surface area contributed by atoms with Crippen molar-refractivity contribution in [1.82, 2.24) is 9.88 Å². The van der Waals surface area contributed by atoms with Crippen LogP contribution in [-0.4, -0.2) is 47.8 Å². The summed E-state index contributed by atoms with van der Waals surface area (Å²) in [5, 5.41) is 0. The lowest BCUT2D eigenvalue weighted by atomic mass is 9.83. The summed E-state index contributed by atoms with van der Waals surface area (Å²) >= 11 is 0. The van der Waals surface area contributed by atoms with Crippen LogP contribution >= 0.6 is 0 Å². The molecule has 21 heavy (non-hydrogen) atoms. The zero-order valence-electron chi connectivity index (χ0n) is 12.6. The lowest BCUT2D eigenvalue weighted by Crippen LogP contribution is -2.61. The summed E-state index contributed by atoms with van der Waals surface area (Å²) in [6.45, 7) is 3.67. The van der Waals surface area contributed by atoms with Crippen molar-refractivity contribution in [2.24, 2.45) is 5.73 Å². The second-order valence-electron chi connectivity index (χ2n) is 6.31. The molecule has 1 saturated heterocycles. The number of nitrogen functional groups attached to an aromatic ring is 1. The molecule has 116 valence electrons. The molecule has 5 heteroatoms. The zero-order chi connectivity index (χ0) is 14.7. The molecule has 1 aromatic rings. The van der Waals surface area contributed by atoms with Gasteiger partial charge in [-0.25, -0.2) is 4.98 Å². The summed E-state index contributed by atoms with van der Waals surface area (Å²) in [4.78, 5) is 6.64. The quantitative estimate of drug-likeness (QED) is 0.870. The Morgan fingerprint density at radius 2 is 2.00 bits per heavy atom. The highest BCUT2D eigenvalue weighted by atomic mass is 16.5. The highest BCUT2D eigenvalue weighted by Crippen LogP contribution is 2.38. The minimum absolute atomic E-state index is 0.139. The fourth-order valence-electron chi connectivity index (χ4n) is 3.98. The molecule has 4 N–H and O–H groups in total. The van der Waals surface area contributed by atoms with Crippen LogP contribution in [0, 0.1) is 0 Å². The topological polar surface area (TPSA) is 77.4 Å². The fraction of sp³-hybridized carbons (Fsp3) is 0.688. The number of hydrogen-bond acceptors (Lipinski definition) is 5. The van der Waals surface area contributed by atoms with Gasteiger partial charge in [-0.15, -0.1) is 0 Å². The standard InChI is InChI=1S/C16H26N4O/c17-14(11-13-3-6-19-15(18)12-13)16(4-1-2-5-16)20-7-9-21-10-8-20/h3,6,12,14H,1-2,4-5,7-11,17H2,(H2,18,19). The van der Waals surface area contributed by atoms with Crippen LogP contribution in [0.1, 0.15) is 31.2 Å². The zero-order valence-corrected chi connectivity index (χ0v) is 12.6. The SMILES string of the molecule is Nc1cc(CC(N)C2(N3CCOCC3)CCCC2)ccn1. The molecule has 5 nitrogen and oxygen atoms in total. The van der Waals surface area contributed by atoms with Crippen molar-refractivity contribution < 1.29 is 4.74 Å². The van der Waals surface area contributed by atoms with E-state index in [1.54, 1.807) is 6.20 Å². The minimum atomic E-state index is 0.139. The smallest absolute Gasteiger partial charge is 0.123 e. The molecular formula is C16H26N4O. The van der Waals surface area contributed by atoms with Gasteiger partial charge in [-0.2, -0.15) is 0 Å². The molecule has 0 aromatic carbocycles. The van der Waals surface area contributed by atoms with Crippen molar-refractivity contribution in [3.05, 3.63) is 23.9 Å². The molecule has 1 aromatic heterocycles. The van der Waals surface area contributed by atoms with Gasteiger partial charge in [0.2, 0.25) is 0 Å². The number of nitrogens with two attached hydrogens (primary N) is 2. The Hall–Kier alpha value is -1.17. The average Bonchev–Trinajstić information content (AvgIpc) is 2.99. The van der Waals surface area contributed by atoms with Gasteiger partial charge in [0.05, 0.1) is 13.2 Å². The maximum atomic E-state index is 6.68. The van der Waals surface area contributed by atoms with Gasteiger partial charge in [-0.1, -0.05) is 12.8 Å². The van der Waals surface area contributed by atoms with Crippen molar-refractivity contribution in [3.63, 3.8) is 0 Å². The maximum Gasteiger partial charge on any atom is 0.123 e. The van der Waals surface area contributed by atoms with Crippen LogP contribution < -0.4 is 11.5 Å². The van der Waals surface area contributed by atoms with Gasteiger partial charge in [0.15, 0.2) is 0 Å². The Morgan fingerprint density at radius 1 is 1.29 bits per heavy atom. The van der Waals surface area contributed by atoms with Crippen LogP contribution in [0.3, 0.4) is 0 Å². The van der Waals surface area contributed by atoms with Crippen molar-refractivity contribution in [1.29, 1.82) is 0 Å². The first-order chi connectivity index (χ1) is 10.2. The number of ether oxygens (including phenoxy) is 1. The Labute approximate surface area is 126 Å². The van der Waals surface area contributed by atoms with Gasteiger partial charge in [0, 0.05) is 30.9 Å². The third-order valence-electron chi connectivity index (χ3n) is 5.10. The van der Waals surface area contributed by atoms with Crippen molar-refractivity contribution in [2.75, 3.05) is 32.0 Å². The summed E-state index contributed by atoms with van der Waals surface area (Å²) in [6.07, 6.45) is 7.61. The van der Waals surface area contributed by atoms with E-state index in [9.17, 15) is 0 Å². The van der Waals surface area contributed by atoms with Crippen LogP contribution in [0.15, 0.2) is 18.3 Å². The third-order valence-corrected chi connectivity index (χ3v) is 5.10. The number of aromatic nitrogens is 1. The highest BCUT2D eigenvalue weighted by molar-refractivity contribution is 5.32. The van der Waals surface area contributed by atoms with Gasteiger partial charge < -0.3 is 16.2 Å². The predicted octanol–water partition coefficient (Wildman–Crippen LogP) is 1.18. The summed E-state index contributed by atoms with van der Waals surface area (Å²) in [6, 6.07) is 4.11. The molecule has 1 atom stereocenters. The maximum absolute atomic E-state index is 6.68. The molecule has 2 aliphatic rings. The van der Waals surface area contributed by atoms with E-state index in [0.29, 0.717) is 5.82 Å². The van der Waals surface area contributed by atoms with Gasteiger partial charge in [-0.3, -0.25) is 4.90 Å². The average molecular weight is 290 g/mol. The number of hydrogen-bond donors (Lipinski definition) is 2. The largest absolute Gasteiger partial charge is 0.384 e. The van der Waals surface area contributed by atoms with Crippen LogP contribution in [0.2, 0.25) is 0 Å². The van der Waals surface area contributed by atoms with E-state index < -0.39 is 0 Å². The van der Waals surface area contributed by atoms with Crippen molar-refractivity contribution >= 4 is 5.82 Å². The molecule has 2 fully saturated rings. The van der Waals surface area contributed by atoms with Gasteiger partial charge >= 0.3 is 0 Å². The summed E-state index contributed by atoms with van der Waals surface area (Å²) in [7, 11) is 0. The van der Waals surface area contributed by atoms with Crippen LogP contribution in [0.25, 0.3) is 0 Å². The van der Waals surface area contributed by atoms with Gasteiger partial charge in [0.25, 0.3) is 0 Å². The minimum Gasteiger partial charge on any atom is -0.384 e. The first-order valence-corrected chi connectivity index (χ1v) is 7.99. The molecule has 2 heterocycles. The van der Waals surface area contributed by atoms with E-state index in [1.165, 1.54) is 31.2 Å². The summed E-state index contributed by atoms with van der Waals surface area (Å²) in [5.74, 6) is 0.576. The lowest BCUT2D eigenvalue weighted by molar-refractivity contribution is -0.0305. The number of anilines is 1. The number of pyridine rings is 1. The third kappa shape index (κ3) is 3.05. The van der Waals surface area contributed by atoms with Crippen LogP contribution in [0.5, 0.6) is 0 Å². The van der Waals surface area contributed by atoms with E-state index >= 15 is 0 Å². The molecule has 0 radical (unpaired) electrons. The van der Waals surface area contributed by atoms with E-state index in [-0.39, 0.29) is 11.6 Å². The first-order valence-electron chi connectivity index (χ1n) is 7.99. The van der Waals surface area contributed by atoms with E-state index in [4.69, 9.17) is 16.2 Å². The monoisotopic (exact) mass is 290 g/mol. The van der Waals surface area contributed by atoms with Crippen LogP contribution in [0.4, 0.5) is 5.82 Å². The molecule has 0 spiro atoms. The van der Waals surface area contributed by atoms with Gasteiger partial charge in [-0.05, 0) is 37.0 Å². The Morgan fingerprint density at radius 3 is 2.67 bits per heavy atom. The second kappa shape index (κ2) is 6.30. The predicted molar refractivity (Wildman–Crippen MR) is 83.9 cm³/mol. The number of rotatable bonds is 4. The number of nitrogens with zero attached hydrogens (tertiary/aromatic N) is 2. The second-order valence-corrected chi connectivity index (χ2v) is 6.31. The van der Waals surface area contributed by atoms with Gasteiger partial charge in [0.1, 0.15) is 5.82 Å². The lowest BCUT2D eigenvalue weighted by Gasteiger charge is -2.47. The molecule has 0 bridgehead atoms. The van der Waals surface area contributed by atoms with E-state index in [2.05, 4.69) is 9.88 Å². The Bertz CT molecular complexity index is 467. The molecular weight excluding hydrogens is 264 g/mol. The molecule has 1 aliphatic heterocycles. The first kappa shape index (κ1) is 14.8. The number of morpholine rings is 1. The molecule has 1 saturated carbocycles. The molecule has 1 aliphatic carbocycles. The fourth-order valence-corrected chi connectivity index (χ4v) is 3.98. The Kier molecular flexibility index (Phi) is 4.42. The summed E-state index contributed by atoms with van der Waals surface area (Å²) in [5.41, 5.74) is 13.8. The molecule has 0 amide bonds.